The maximum Gasteiger partial charge on any atom is 0.0540 e. The molecule has 3 aliphatic carbocycles. The first-order chi connectivity index (χ1) is 29.2. The van der Waals surface area contributed by atoms with Crippen molar-refractivity contribution >= 4 is 17.1 Å². The molecule has 292 valence electrons. The average molecular weight is 774 g/mol. The van der Waals surface area contributed by atoms with Gasteiger partial charge in [0.15, 0.2) is 0 Å². The number of fused-ring (bicyclic) bond motifs is 9. The molecule has 0 spiro atoms. The van der Waals surface area contributed by atoms with Gasteiger partial charge in [0.1, 0.15) is 0 Å². The smallest absolute Gasteiger partial charge is 0.0540 e. The molecule has 1 nitrogen and oxygen atoms in total. The maximum atomic E-state index is 2.51. The van der Waals surface area contributed by atoms with Crippen LogP contribution in [0.25, 0.3) is 55.6 Å². The third kappa shape index (κ3) is 5.05. The molecule has 0 fully saturated rings. The lowest BCUT2D eigenvalue weighted by molar-refractivity contribution is 0.490. The van der Waals surface area contributed by atoms with Gasteiger partial charge in [0.2, 0.25) is 0 Å². The molecular weight excluding hydrogens is 723 g/mol. The molecule has 0 amide bonds. The summed E-state index contributed by atoms with van der Waals surface area (Å²) in [6, 6.07) is 66.7. The second kappa shape index (κ2) is 13.3. The van der Waals surface area contributed by atoms with E-state index in [1.807, 2.05) is 0 Å². The van der Waals surface area contributed by atoms with Crippen LogP contribution in [-0.2, 0) is 16.2 Å². The van der Waals surface area contributed by atoms with E-state index in [9.17, 15) is 0 Å². The quantitative estimate of drug-likeness (QED) is 0.156. The molecule has 0 N–H and O–H groups in total. The monoisotopic (exact) mass is 773 g/mol. The van der Waals surface area contributed by atoms with Crippen molar-refractivity contribution < 1.29 is 0 Å². The fourth-order valence-corrected chi connectivity index (χ4v) is 11.6. The number of rotatable bonds is 7. The molecular formula is C59H51N. The Morgan fingerprint density at radius 3 is 1.57 bits per heavy atom. The Kier molecular flexibility index (Phi) is 8.11. The van der Waals surface area contributed by atoms with E-state index in [-0.39, 0.29) is 16.2 Å². The van der Waals surface area contributed by atoms with Crippen molar-refractivity contribution in [2.45, 2.75) is 70.6 Å². The molecule has 0 aromatic heterocycles. The van der Waals surface area contributed by atoms with Crippen LogP contribution in [0.3, 0.4) is 0 Å². The average Bonchev–Trinajstić information content (AvgIpc) is 3.81. The molecule has 0 aliphatic heterocycles. The van der Waals surface area contributed by atoms with Gasteiger partial charge in [-0.15, -0.1) is 0 Å². The molecule has 3 aliphatic rings. The number of para-hydroxylation sites is 1. The molecule has 0 atom stereocenters. The van der Waals surface area contributed by atoms with Gasteiger partial charge in [-0.1, -0.05) is 181 Å². The lowest BCUT2D eigenvalue weighted by Gasteiger charge is -2.31. The predicted molar refractivity (Wildman–Crippen MR) is 254 cm³/mol. The summed E-state index contributed by atoms with van der Waals surface area (Å²) in [5.74, 6) is 0. The Morgan fingerprint density at radius 1 is 0.350 bits per heavy atom. The zero-order chi connectivity index (χ0) is 41.0. The minimum Gasteiger partial charge on any atom is -0.310 e. The number of hydrogen-bond donors (Lipinski definition) is 0. The highest BCUT2D eigenvalue weighted by Gasteiger charge is 2.41. The number of hydrogen-bond acceptors (Lipinski definition) is 1. The Hall–Kier alpha value is -6.44. The minimum absolute atomic E-state index is 0.0193. The zero-order valence-corrected chi connectivity index (χ0v) is 35.6. The van der Waals surface area contributed by atoms with Crippen LogP contribution in [0, 0.1) is 0 Å². The van der Waals surface area contributed by atoms with Gasteiger partial charge in [0, 0.05) is 33.2 Å². The first-order valence-electron chi connectivity index (χ1n) is 21.9. The van der Waals surface area contributed by atoms with Gasteiger partial charge < -0.3 is 4.90 Å². The van der Waals surface area contributed by atoms with Gasteiger partial charge in [0.05, 0.1) is 5.69 Å². The van der Waals surface area contributed by atoms with E-state index in [4.69, 9.17) is 0 Å². The van der Waals surface area contributed by atoms with E-state index in [2.05, 4.69) is 222 Å². The molecule has 8 aromatic carbocycles. The van der Waals surface area contributed by atoms with E-state index in [0.717, 1.165) is 24.2 Å². The Bertz CT molecular complexity index is 3010. The molecule has 0 unspecified atom stereocenters. The summed E-state index contributed by atoms with van der Waals surface area (Å²) in [5.41, 5.74) is 24.9. The molecule has 0 heterocycles. The lowest BCUT2D eigenvalue weighted by atomic mass is 9.74. The zero-order valence-electron chi connectivity index (χ0n) is 35.6. The highest BCUT2D eigenvalue weighted by molar-refractivity contribution is 5.99. The molecule has 11 rings (SSSR count). The number of benzene rings is 8. The Labute approximate surface area is 356 Å². The van der Waals surface area contributed by atoms with Crippen molar-refractivity contribution in [3.05, 3.63) is 209 Å². The van der Waals surface area contributed by atoms with Crippen LogP contribution >= 0.6 is 0 Å². The van der Waals surface area contributed by atoms with Crippen molar-refractivity contribution in [1.29, 1.82) is 0 Å². The largest absolute Gasteiger partial charge is 0.310 e. The molecule has 8 aromatic rings. The van der Waals surface area contributed by atoms with Gasteiger partial charge in [0.25, 0.3) is 0 Å². The van der Waals surface area contributed by atoms with Crippen LogP contribution < -0.4 is 4.90 Å². The molecule has 1 heteroatoms. The SMILES string of the molecule is CCC1(CC)c2ccccc2-c2cc(N(c3ccc(-c4ccc5c(c4)C(C)(C)c4ccccc4-5)cc3)c3ccccc3-c3cccc4c3-c3ccccc3C4(C)C)ccc21. The number of anilines is 3. The third-order valence-corrected chi connectivity index (χ3v) is 14.8. The van der Waals surface area contributed by atoms with E-state index >= 15 is 0 Å². The fourth-order valence-electron chi connectivity index (χ4n) is 11.6. The van der Waals surface area contributed by atoms with Crippen molar-refractivity contribution in [3.63, 3.8) is 0 Å². The van der Waals surface area contributed by atoms with Gasteiger partial charge in [-0.05, 0) is 133 Å². The van der Waals surface area contributed by atoms with Crippen LogP contribution in [0.5, 0.6) is 0 Å². The van der Waals surface area contributed by atoms with Crippen LogP contribution in [0.1, 0.15) is 87.8 Å². The highest BCUT2D eigenvalue weighted by Crippen LogP contribution is 2.57. The first kappa shape index (κ1) is 36.6. The predicted octanol–water partition coefficient (Wildman–Crippen LogP) is 16.2. The molecule has 0 saturated heterocycles. The highest BCUT2D eigenvalue weighted by atomic mass is 15.1. The minimum atomic E-state index is -0.0829. The van der Waals surface area contributed by atoms with Crippen LogP contribution in [-0.4, -0.2) is 0 Å². The van der Waals surface area contributed by atoms with Crippen LogP contribution in [0.4, 0.5) is 17.1 Å². The summed E-state index contributed by atoms with van der Waals surface area (Å²) >= 11 is 0. The summed E-state index contributed by atoms with van der Waals surface area (Å²) in [6.07, 6.45) is 2.15. The van der Waals surface area contributed by atoms with Gasteiger partial charge >= 0.3 is 0 Å². The van der Waals surface area contributed by atoms with Crippen molar-refractivity contribution in [3.8, 4) is 55.6 Å². The standard InChI is InChI=1S/C59H51N/c1-7-59(8-2)51-25-15-10-19-43(51)48-37-41(33-35-52(48)59)60(40-31-28-38(29-32-40)39-30-34-44-42-18-9-13-23-49(42)58(5,6)54(44)36-39)55-27-16-12-20-45(55)46-22-17-26-53-56(46)47-21-11-14-24-50(47)57(53,3)4/h9-37H,7-8H2,1-6H3. The molecule has 0 saturated carbocycles. The number of nitrogens with zero attached hydrogens (tertiary/aromatic N) is 1. The normalized spacial score (nSPS) is 15.4. The Morgan fingerprint density at radius 2 is 0.850 bits per heavy atom. The third-order valence-electron chi connectivity index (χ3n) is 14.8. The molecule has 60 heavy (non-hydrogen) atoms. The fraction of sp³-hybridized carbons (Fsp3) is 0.186. The summed E-state index contributed by atoms with van der Waals surface area (Å²) in [5, 5.41) is 0. The molecule has 0 radical (unpaired) electrons. The summed E-state index contributed by atoms with van der Waals surface area (Å²) in [4.78, 5) is 2.51. The summed E-state index contributed by atoms with van der Waals surface area (Å²) in [7, 11) is 0. The van der Waals surface area contributed by atoms with Gasteiger partial charge in [-0.3, -0.25) is 0 Å². The maximum absolute atomic E-state index is 2.51. The van der Waals surface area contributed by atoms with E-state index < -0.39 is 0 Å². The van der Waals surface area contributed by atoms with E-state index in [1.54, 1.807) is 0 Å². The topological polar surface area (TPSA) is 3.24 Å². The van der Waals surface area contributed by atoms with Gasteiger partial charge in [-0.2, -0.15) is 0 Å². The first-order valence-corrected chi connectivity index (χ1v) is 21.9. The molecule has 0 bridgehead atoms. The Balaban J connectivity index is 1.09. The second-order valence-corrected chi connectivity index (χ2v) is 18.3. The van der Waals surface area contributed by atoms with Crippen LogP contribution in [0.2, 0.25) is 0 Å². The van der Waals surface area contributed by atoms with E-state index in [1.165, 1.54) is 94.7 Å². The lowest BCUT2D eigenvalue weighted by Crippen LogP contribution is -2.23. The van der Waals surface area contributed by atoms with Crippen LogP contribution in [0.15, 0.2) is 176 Å². The van der Waals surface area contributed by atoms with Gasteiger partial charge in [-0.25, -0.2) is 0 Å². The van der Waals surface area contributed by atoms with Crippen molar-refractivity contribution in [2.24, 2.45) is 0 Å². The van der Waals surface area contributed by atoms with Crippen molar-refractivity contribution in [2.75, 3.05) is 4.90 Å². The van der Waals surface area contributed by atoms with Crippen molar-refractivity contribution in [1.82, 2.24) is 0 Å². The summed E-state index contributed by atoms with van der Waals surface area (Å²) in [6.45, 7) is 14.2. The second-order valence-electron chi connectivity index (χ2n) is 18.3. The van der Waals surface area contributed by atoms with E-state index in [0.29, 0.717) is 0 Å². The summed E-state index contributed by atoms with van der Waals surface area (Å²) < 4.78 is 0.